The average Bonchev–Trinajstić information content (AvgIpc) is 3.63. The van der Waals surface area contributed by atoms with Crippen LogP contribution in [0.2, 0.25) is 0 Å². The van der Waals surface area contributed by atoms with Gasteiger partial charge in [0.15, 0.2) is 0 Å². The summed E-state index contributed by atoms with van der Waals surface area (Å²) >= 11 is 0. The van der Waals surface area contributed by atoms with Gasteiger partial charge < -0.3 is 8.98 Å². The number of hydrogen-bond acceptors (Lipinski definition) is 1. The second-order valence-electron chi connectivity index (χ2n) is 11.4. The average molecular weight is 562 g/mol. The van der Waals surface area contributed by atoms with Crippen LogP contribution >= 0.6 is 0 Å². The van der Waals surface area contributed by atoms with Crippen molar-refractivity contribution in [1.82, 2.24) is 4.57 Å². The van der Waals surface area contributed by atoms with Gasteiger partial charge in [0.25, 0.3) is 0 Å². The minimum atomic E-state index is 0.888. The minimum absolute atomic E-state index is 0.888. The molecule has 2 aromatic heterocycles. The molecule has 0 aliphatic heterocycles. The lowest BCUT2D eigenvalue weighted by Gasteiger charge is -2.09. The van der Waals surface area contributed by atoms with Gasteiger partial charge in [-0.15, -0.1) is 0 Å². The molecule has 44 heavy (non-hydrogen) atoms. The highest BCUT2D eigenvalue weighted by Crippen LogP contribution is 2.39. The number of benzene rings is 7. The Morgan fingerprint density at radius 1 is 0.318 bits per heavy atom. The number of fused-ring (bicyclic) bond motifs is 6. The van der Waals surface area contributed by atoms with Crippen LogP contribution in [-0.4, -0.2) is 4.57 Å². The van der Waals surface area contributed by atoms with Crippen LogP contribution in [0.4, 0.5) is 0 Å². The van der Waals surface area contributed by atoms with Gasteiger partial charge in [-0.05, 0) is 81.9 Å². The van der Waals surface area contributed by atoms with E-state index in [9.17, 15) is 0 Å². The van der Waals surface area contributed by atoms with Gasteiger partial charge in [0, 0.05) is 33.3 Å². The number of furan rings is 1. The normalized spacial score (nSPS) is 11.6. The van der Waals surface area contributed by atoms with Gasteiger partial charge in [0.2, 0.25) is 0 Å². The van der Waals surface area contributed by atoms with E-state index in [2.05, 4.69) is 162 Å². The highest BCUT2D eigenvalue weighted by molar-refractivity contribution is 6.12. The van der Waals surface area contributed by atoms with Crippen LogP contribution in [0.3, 0.4) is 0 Å². The molecule has 2 heterocycles. The van der Waals surface area contributed by atoms with Crippen molar-refractivity contribution in [2.75, 3.05) is 0 Å². The summed E-state index contributed by atoms with van der Waals surface area (Å²) in [6, 6.07) is 58.5. The fraction of sp³-hybridized carbons (Fsp3) is 0. The van der Waals surface area contributed by atoms with E-state index in [1.807, 2.05) is 6.07 Å². The summed E-state index contributed by atoms with van der Waals surface area (Å²) in [4.78, 5) is 0. The predicted molar refractivity (Wildman–Crippen MR) is 184 cm³/mol. The maximum absolute atomic E-state index is 6.52. The van der Waals surface area contributed by atoms with Gasteiger partial charge in [-0.25, -0.2) is 0 Å². The van der Waals surface area contributed by atoms with Crippen molar-refractivity contribution in [3.05, 3.63) is 164 Å². The summed E-state index contributed by atoms with van der Waals surface area (Å²) in [5.41, 5.74) is 12.4. The Labute approximate surface area is 255 Å². The molecule has 0 aliphatic carbocycles. The Balaban J connectivity index is 1.25. The zero-order chi connectivity index (χ0) is 29.0. The van der Waals surface area contributed by atoms with Gasteiger partial charge in [-0.3, -0.25) is 0 Å². The maximum Gasteiger partial charge on any atom is 0.137 e. The lowest BCUT2D eigenvalue weighted by atomic mass is 10.0. The van der Waals surface area contributed by atoms with Crippen molar-refractivity contribution in [2.45, 2.75) is 0 Å². The molecule has 0 unspecified atom stereocenters. The number of hydrogen-bond donors (Lipinski definition) is 0. The fourth-order valence-corrected chi connectivity index (χ4v) is 6.64. The molecule has 0 saturated heterocycles. The van der Waals surface area contributed by atoms with Gasteiger partial charge in [0.1, 0.15) is 11.2 Å². The summed E-state index contributed by atoms with van der Waals surface area (Å²) in [6.07, 6.45) is 0. The Kier molecular flexibility index (Phi) is 5.54. The quantitative estimate of drug-likeness (QED) is 0.209. The smallest absolute Gasteiger partial charge is 0.137 e. The molecule has 0 fully saturated rings. The summed E-state index contributed by atoms with van der Waals surface area (Å²) in [5, 5.41) is 4.72. The largest absolute Gasteiger partial charge is 0.456 e. The molecule has 2 heteroatoms. The highest BCUT2D eigenvalue weighted by atomic mass is 16.3. The van der Waals surface area contributed by atoms with Crippen molar-refractivity contribution in [2.24, 2.45) is 0 Å². The summed E-state index contributed by atoms with van der Waals surface area (Å²) in [5.74, 6) is 0. The molecule has 9 rings (SSSR count). The molecule has 0 radical (unpaired) electrons. The third-order valence-electron chi connectivity index (χ3n) is 8.80. The number of nitrogens with zero attached hydrogens (tertiary/aromatic N) is 1. The van der Waals surface area contributed by atoms with Gasteiger partial charge in [-0.2, -0.15) is 0 Å². The van der Waals surface area contributed by atoms with Crippen LogP contribution in [0.25, 0.3) is 82.8 Å². The molecule has 7 aromatic carbocycles. The van der Waals surface area contributed by atoms with E-state index in [0.29, 0.717) is 0 Å². The van der Waals surface area contributed by atoms with E-state index in [1.165, 1.54) is 49.6 Å². The Bertz CT molecular complexity index is 2370. The molecule has 9 aromatic rings. The fourth-order valence-electron chi connectivity index (χ4n) is 6.64. The Morgan fingerprint density at radius 2 is 0.750 bits per heavy atom. The molecule has 206 valence electrons. The lowest BCUT2D eigenvalue weighted by molar-refractivity contribution is 0.669. The van der Waals surface area contributed by atoms with E-state index in [-0.39, 0.29) is 0 Å². The first-order chi connectivity index (χ1) is 21.8. The van der Waals surface area contributed by atoms with E-state index in [4.69, 9.17) is 4.42 Å². The number of rotatable bonds is 4. The first-order valence-electron chi connectivity index (χ1n) is 15.0. The zero-order valence-corrected chi connectivity index (χ0v) is 23.9. The third-order valence-corrected chi connectivity index (χ3v) is 8.80. The molecule has 2 nitrogen and oxygen atoms in total. The second kappa shape index (κ2) is 9.86. The van der Waals surface area contributed by atoms with E-state index >= 15 is 0 Å². The van der Waals surface area contributed by atoms with Crippen LogP contribution in [0.5, 0.6) is 0 Å². The first-order valence-corrected chi connectivity index (χ1v) is 15.0. The standard InChI is InChI=1S/C42H27NO/c1-4-10-28(11-5-1)31-17-22-39-37(24-31)38-25-32(29-12-6-2-7-13-29)18-23-40(38)43(39)34-19-21-36-35-20-16-33(30-14-8-3-9-15-30)26-41(35)44-42(36)27-34/h1-27H. The van der Waals surface area contributed by atoms with Crippen molar-refractivity contribution in [3.8, 4) is 39.1 Å². The summed E-state index contributed by atoms with van der Waals surface area (Å²) < 4.78 is 8.89. The van der Waals surface area contributed by atoms with Crippen LogP contribution in [-0.2, 0) is 0 Å². The van der Waals surface area contributed by atoms with Gasteiger partial charge in [0.05, 0.1) is 11.0 Å². The third kappa shape index (κ3) is 3.96. The van der Waals surface area contributed by atoms with Gasteiger partial charge >= 0.3 is 0 Å². The van der Waals surface area contributed by atoms with Crippen LogP contribution in [0.1, 0.15) is 0 Å². The monoisotopic (exact) mass is 561 g/mol. The number of aromatic nitrogens is 1. The second-order valence-corrected chi connectivity index (χ2v) is 11.4. The summed E-state index contributed by atoms with van der Waals surface area (Å²) in [7, 11) is 0. The molecule has 0 atom stereocenters. The van der Waals surface area contributed by atoms with E-state index < -0.39 is 0 Å². The molecule has 0 N–H and O–H groups in total. The van der Waals surface area contributed by atoms with Crippen molar-refractivity contribution < 1.29 is 4.42 Å². The van der Waals surface area contributed by atoms with Crippen LogP contribution < -0.4 is 0 Å². The molecule has 0 amide bonds. The molecule has 0 spiro atoms. The van der Waals surface area contributed by atoms with Crippen molar-refractivity contribution in [3.63, 3.8) is 0 Å². The van der Waals surface area contributed by atoms with Crippen molar-refractivity contribution >= 4 is 43.7 Å². The topological polar surface area (TPSA) is 18.1 Å². The summed E-state index contributed by atoms with van der Waals surface area (Å²) in [6.45, 7) is 0. The molecule has 0 bridgehead atoms. The van der Waals surface area contributed by atoms with Crippen LogP contribution in [0.15, 0.2) is 168 Å². The van der Waals surface area contributed by atoms with Crippen molar-refractivity contribution in [1.29, 1.82) is 0 Å². The van der Waals surface area contributed by atoms with E-state index in [1.54, 1.807) is 0 Å². The molecule has 0 saturated carbocycles. The lowest BCUT2D eigenvalue weighted by Crippen LogP contribution is -1.93. The first kappa shape index (κ1) is 24.7. The highest BCUT2D eigenvalue weighted by Gasteiger charge is 2.16. The molecule has 0 aliphatic rings. The SMILES string of the molecule is c1ccc(-c2ccc3c(c2)oc2cc(-n4c5ccc(-c6ccccc6)cc5c5cc(-c6ccccc6)ccc54)ccc23)cc1. The Hall–Kier alpha value is -5.86. The van der Waals surface area contributed by atoms with Crippen LogP contribution in [0, 0.1) is 0 Å². The minimum Gasteiger partial charge on any atom is -0.456 e. The van der Waals surface area contributed by atoms with Gasteiger partial charge in [-0.1, -0.05) is 109 Å². The zero-order valence-electron chi connectivity index (χ0n) is 23.9. The maximum atomic E-state index is 6.52. The Morgan fingerprint density at radius 3 is 1.27 bits per heavy atom. The van der Waals surface area contributed by atoms with E-state index in [0.717, 1.165) is 33.2 Å². The predicted octanol–water partition coefficient (Wildman–Crippen LogP) is 11.7. The molecular formula is C42H27NO. The molecular weight excluding hydrogens is 534 g/mol.